The Morgan fingerprint density at radius 3 is 1.99 bits per heavy atom. The normalized spacial score (nSPS) is 22.8. The second-order valence-electron chi connectivity index (χ2n) is 22.3. The predicted octanol–water partition coefficient (Wildman–Crippen LogP) is -5.56. The molecular weight excluding hydrogens is 1200 g/mol. The number of nitrogens with two attached hydrogens (primary N) is 3. The molecule has 0 radical (unpaired) electrons. The van der Waals surface area contributed by atoms with Crippen LogP contribution in [0.1, 0.15) is 96.6 Å². The average molecular weight is 1280 g/mol. The van der Waals surface area contributed by atoms with Gasteiger partial charge in [-0.05, 0) is 80.2 Å². The minimum absolute atomic E-state index is 0.0180. The van der Waals surface area contributed by atoms with Gasteiger partial charge in [-0.15, -0.1) is 0 Å². The van der Waals surface area contributed by atoms with E-state index in [0.717, 1.165) is 4.90 Å². The SMILES string of the molecule is CC[C@H](NC(C)=O)C(=O)N[C@@H](Cc1ccc(Cl)cc1)C(=O)N[C@@H](Cc1cccnc1)C(=O)N[C@@H]1CC(=O)NCC(C(N)=O)NC(=O)[C@H]2CCCN2C(=O)C2CCNC(=O)CNC(=O)C[C@@H](NC1=O)C(=O)N[C@H](CCCN=C(N)N)C(=O)N[C@H](CC(C)C)C(=O)N2. The Kier molecular flexibility index (Phi) is 27.6. The summed E-state index contributed by atoms with van der Waals surface area (Å²) in [6, 6.07) is -6.30. The van der Waals surface area contributed by atoms with Gasteiger partial charge < -0.3 is 85.9 Å². The third kappa shape index (κ3) is 22.9. The first-order valence-corrected chi connectivity index (χ1v) is 29.9. The molecule has 4 aliphatic rings. The zero-order valence-corrected chi connectivity index (χ0v) is 51.2. The summed E-state index contributed by atoms with van der Waals surface area (Å²) in [6.45, 7) is 4.49. The molecule has 90 heavy (non-hydrogen) atoms. The summed E-state index contributed by atoms with van der Waals surface area (Å²) in [5.41, 5.74) is 17.7. The number of guanidine groups is 1. The highest BCUT2D eigenvalue weighted by Crippen LogP contribution is 2.21. The minimum atomic E-state index is -2.08. The molecule has 1 aromatic carbocycles. The molecule has 0 saturated carbocycles. The molecule has 2 aromatic rings. The molecule has 5 heterocycles. The zero-order chi connectivity index (χ0) is 66.2. The summed E-state index contributed by atoms with van der Waals surface area (Å²) in [5.74, 6) is -14.1. The second-order valence-corrected chi connectivity index (χ2v) is 22.8. The van der Waals surface area contributed by atoms with Crippen molar-refractivity contribution < 1.29 is 67.1 Å². The molecule has 4 aliphatic heterocycles. The number of primary amides is 1. The third-order valence-corrected chi connectivity index (χ3v) is 14.9. The van der Waals surface area contributed by atoms with Crippen LogP contribution in [0.2, 0.25) is 5.02 Å². The molecule has 4 fully saturated rings. The van der Waals surface area contributed by atoms with Crippen LogP contribution < -0.4 is 81.0 Å². The highest BCUT2D eigenvalue weighted by molar-refractivity contribution is 6.30. The molecule has 4 saturated heterocycles. The Morgan fingerprint density at radius 2 is 1.34 bits per heavy atom. The van der Waals surface area contributed by atoms with E-state index in [1.54, 1.807) is 51.1 Å². The van der Waals surface area contributed by atoms with E-state index in [0.29, 0.717) is 16.1 Å². The summed E-state index contributed by atoms with van der Waals surface area (Å²) >= 11 is 6.15. The standard InChI is InChI=1S/C57H81ClN18O14/c1-5-34(67-30(4)77)48(82)71-38(22-31-12-14-33(58)15-13-31)51(85)72-39(23-32-9-6-17-62-26-32)52(86)73-41-24-44(78)65-27-42(47(59)81)75-55(89)43-11-8-20-76(43)56(90)36-16-19-63-46(80)28-66-45(79)25-40(74-54(41)88)53(87)68-35(10-7-18-64-57(60)61)49(83)70-37(21-29(2)3)50(84)69-36/h6,9,12-15,17,26,29,34-43H,5,7-8,10-11,16,18-25,27-28H2,1-4H3,(H2,59,81)(H,63,80)(H,65,78)(H,66,79)(H,67,77)(H,68,87)(H,69,84)(H,70,83)(H,71,82)(H,72,85)(H,73,86)(H,74,88)(H,75,89)(H4,60,61,64)/t34-,35+,36?,37+,38-,39-,40+,41+,42?,43+/m0/s1. The third-order valence-electron chi connectivity index (χ3n) is 14.7. The average Bonchev–Trinajstić information content (AvgIpc) is 2.86. The lowest BCUT2D eigenvalue weighted by atomic mass is 10.0. The van der Waals surface area contributed by atoms with Crippen molar-refractivity contribution in [2.45, 2.75) is 159 Å². The van der Waals surface area contributed by atoms with Gasteiger partial charge in [0.2, 0.25) is 82.7 Å². The Hall–Kier alpha value is -9.49. The first-order chi connectivity index (χ1) is 42.7. The number of carbonyl (C=O) groups is 14. The zero-order valence-electron chi connectivity index (χ0n) is 50.5. The van der Waals surface area contributed by atoms with Crippen LogP contribution in [0.3, 0.4) is 0 Å². The van der Waals surface area contributed by atoms with Crippen molar-refractivity contribution in [3.63, 3.8) is 0 Å². The van der Waals surface area contributed by atoms with E-state index < -0.39 is 169 Å². The minimum Gasteiger partial charge on any atom is -0.370 e. The highest BCUT2D eigenvalue weighted by Gasteiger charge is 2.41. The molecule has 2 unspecified atom stereocenters. The second kappa shape index (κ2) is 34.9. The fourth-order valence-electron chi connectivity index (χ4n) is 10.0. The maximum absolute atomic E-state index is 15.0. The number of benzene rings is 1. The lowest BCUT2D eigenvalue weighted by Gasteiger charge is -2.31. The monoisotopic (exact) mass is 1280 g/mol. The number of hydrogen-bond acceptors (Lipinski definition) is 16. The van der Waals surface area contributed by atoms with Crippen molar-refractivity contribution >= 4 is 100 Å². The van der Waals surface area contributed by atoms with Crippen LogP contribution in [0.5, 0.6) is 0 Å². The van der Waals surface area contributed by atoms with Gasteiger partial charge in [0.25, 0.3) is 0 Å². The number of hydrogen-bond donors (Lipinski definition) is 15. The summed E-state index contributed by atoms with van der Waals surface area (Å²) in [7, 11) is 0. The molecular formula is C57H81ClN18O14. The Balaban J connectivity index is 1.63. The number of carbonyl (C=O) groups excluding carboxylic acids is 14. The number of rotatable bonds is 19. The maximum Gasteiger partial charge on any atom is 0.245 e. The van der Waals surface area contributed by atoms with Crippen molar-refractivity contribution in [1.82, 2.24) is 73.7 Å². The quantitative estimate of drug-likeness (QED) is 0.0270. The number of nitrogens with one attached hydrogen (secondary N) is 12. The van der Waals surface area contributed by atoms with E-state index in [9.17, 15) is 67.1 Å². The number of fused-ring (bicyclic) bond motifs is 23. The van der Waals surface area contributed by atoms with Gasteiger partial charge in [-0.1, -0.05) is 50.6 Å². The van der Waals surface area contributed by atoms with Gasteiger partial charge in [0.1, 0.15) is 60.4 Å². The number of aliphatic imine (C=N–C) groups is 1. The fourth-order valence-corrected chi connectivity index (χ4v) is 10.1. The lowest BCUT2D eigenvalue weighted by Crippen LogP contribution is -2.61. The molecule has 490 valence electrons. The maximum atomic E-state index is 15.0. The predicted molar refractivity (Wildman–Crippen MR) is 323 cm³/mol. The van der Waals surface area contributed by atoms with Gasteiger partial charge in [0.15, 0.2) is 5.96 Å². The molecule has 10 atom stereocenters. The molecule has 6 rings (SSSR count). The van der Waals surface area contributed by atoms with Gasteiger partial charge in [-0.25, -0.2) is 0 Å². The van der Waals surface area contributed by atoms with Crippen LogP contribution >= 0.6 is 11.6 Å². The smallest absolute Gasteiger partial charge is 0.245 e. The first kappa shape index (κ1) is 71.3. The van der Waals surface area contributed by atoms with Gasteiger partial charge in [0.05, 0.1) is 19.4 Å². The summed E-state index contributed by atoms with van der Waals surface area (Å²) in [5, 5.41) is 30.6. The molecule has 32 nitrogen and oxygen atoms in total. The van der Waals surface area contributed by atoms with Crippen molar-refractivity contribution in [3.8, 4) is 0 Å². The van der Waals surface area contributed by atoms with E-state index in [2.05, 4.69) is 73.8 Å². The number of halogens is 1. The van der Waals surface area contributed by atoms with Crippen molar-refractivity contribution in [1.29, 1.82) is 0 Å². The number of nitrogens with zero attached hydrogens (tertiary/aromatic N) is 3. The molecule has 18 N–H and O–H groups in total. The van der Waals surface area contributed by atoms with Crippen LogP contribution in [-0.2, 0) is 80.0 Å². The molecule has 2 bridgehead atoms. The van der Waals surface area contributed by atoms with Crippen molar-refractivity contribution in [3.05, 3.63) is 64.9 Å². The van der Waals surface area contributed by atoms with Crippen molar-refractivity contribution in [2.24, 2.45) is 28.1 Å². The van der Waals surface area contributed by atoms with E-state index in [1.165, 1.54) is 25.4 Å². The van der Waals surface area contributed by atoms with E-state index >= 15 is 0 Å². The van der Waals surface area contributed by atoms with E-state index in [4.69, 9.17) is 28.8 Å². The van der Waals surface area contributed by atoms with Crippen LogP contribution in [0, 0.1) is 5.92 Å². The van der Waals surface area contributed by atoms with Crippen LogP contribution in [-0.4, -0.2) is 192 Å². The van der Waals surface area contributed by atoms with Crippen LogP contribution in [0.4, 0.5) is 0 Å². The number of amides is 14. The molecule has 1 aromatic heterocycles. The van der Waals surface area contributed by atoms with Gasteiger partial charge in [-0.3, -0.25) is 77.1 Å². The van der Waals surface area contributed by atoms with Gasteiger partial charge >= 0.3 is 0 Å². The fraction of sp³-hybridized carbons (Fsp3) is 0.544. The highest BCUT2D eigenvalue weighted by atomic mass is 35.5. The molecule has 33 heteroatoms. The van der Waals surface area contributed by atoms with Crippen LogP contribution in [0.25, 0.3) is 0 Å². The van der Waals surface area contributed by atoms with E-state index in [1.807, 2.05) is 0 Å². The Labute approximate surface area is 523 Å². The van der Waals surface area contributed by atoms with Gasteiger partial charge in [0, 0.05) is 63.4 Å². The van der Waals surface area contributed by atoms with Crippen LogP contribution in [0.15, 0.2) is 53.8 Å². The molecule has 14 amide bonds. The van der Waals surface area contributed by atoms with Gasteiger partial charge in [-0.2, -0.15) is 0 Å². The summed E-state index contributed by atoms with van der Waals surface area (Å²) in [4.78, 5) is 206. The Bertz CT molecular complexity index is 2990. The summed E-state index contributed by atoms with van der Waals surface area (Å²) in [6.07, 6.45) is 0.187. The van der Waals surface area contributed by atoms with Crippen molar-refractivity contribution in [2.75, 3.05) is 32.7 Å². The lowest BCUT2D eigenvalue weighted by molar-refractivity contribution is -0.142. The molecule has 0 spiro atoms. The Morgan fingerprint density at radius 1 is 0.700 bits per heavy atom. The number of pyridine rings is 1. The first-order valence-electron chi connectivity index (χ1n) is 29.5. The summed E-state index contributed by atoms with van der Waals surface area (Å²) < 4.78 is 0. The van der Waals surface area contributed by atoms with E-state index in [-0.39, 0.29) is 89.3 Å². The topological polar surface area (TPSA) is 490 Å². The largest absolute Gasteiger partial charge is 0.370 e. The molecule has 0 aliphatic carbocycles. The number of aromatic nitrogens is 1.